The highest BCUT2D eigenvalue weighted by atomic mass is 16.5. The minimum absolute atomic E-state index is 0.292. The van der Waals surface area contributed by atoms with E-state index in [9.17, 15) is 9.59 Å². The Kier molecular flexibility index (Phi) is 5.14. The molecule has 0 radical (unpaired) electrons. The van der Waals surface area contributed by atoms with Crippen LogP contribution < -0.4 is 9.64 Å². The van der Waals surface area contributed by atoms with Crippen molar-refractivity contribution in [1.82, 2.24) is 0 Å². The first-order valence-electron chi connectivity index (χ1n) is 6.75. The highest BCUT2D eigenvalue weighted by molar-refractivity contribution is 5.97. The molecule has 0 fully saturated rings. The van der Waals surface area contributed by atoms with Gasteiger partial charge in [0.15, 0.2) is 6.61 Å². The summed E-state index contributed by atoms with van der Waals surface area (Å²) in [6, 6.07) is 15.9. The minimum atomic E-state index is -0.590. The molecule has 0 aliphatic carbocycles. The van der Waals surface area contributed by atoms with Crippen LogP contribution >= 0.6 is 0 Å². The van der Waals surface area contributed by atoms with Crippen molar-refractivity contribution >= 4 is 17.6 Å². The van der Waals surface area contributed by atoms with Gasteiger partial charge in [-0.25, -0.2) is 4.79 Å². The lowest BCUT2D eigenvalue weighted by molar-refractivity contribution is -0.121. The Bertz CT molecular complexity index is 655. The molecule has 0 N–H and O–H groups in total. The van der Waals surface area contributed by atoms with Crippen LogP contribution in [0.15, 0.2) is 54.6 Å². The summed E-state index contributed by atoms with van der Waals surface area (Å²) in [6.45, 7) is -0.331. The van der Waals surface area contributed by atoms with Crippen molar-refractivity contribution in [3.63, 3.8) is 0 Å². The maximum atomic E-state index is 12.1. The second-order valence-electron chi connectivity index (χ2n) is 4.56. The van der Waals surface area contributed by atoms with Crippen molar-refractivity contribution < 1.29 is 19.1 Å². The van der Waals surface area contributed by atoms with Gasteiger partial charge in [-0.3, -0.25) is 4.79 Å². The second-order valence-corrected chi connectivity index (χ2v) is 4.56. The van der Waals surface area contributed by atoms with Crippen LogP contribution in [0, 0.1) is 0 Å². The van der Waals surface area contributed by atoms with Crippen LogP contribution in [0.3, 0.4) is 0 Å². The largest absolute Gasteiger partial charge is 0.496 e. The third-order valence-electron chi connectivity index (χ3n) is 3.17. The number of methoxy groups -OCH3 is 1. The molecule has 2 aromatic rings. The zero-order valence-electron chi connectivity index (χ0n) is 12.5. The van der Waals surface area contributed by atoms with Crippen LogP contribution in [0.1, 0.15) is 10.4 Å². The quantitative estimate of drug-likeness (QED) is 0.796. The molecule has 22 heavy (non-hydrogen) atoms. The fourth-order valence-electron chi connectivity index (χ4n) is 1.91. The molecule has 5 heteroatoms. The van der Waals surface area contributed by atoms with Gasteiger partial charge in [0.05, 0.1) is 7.11 Å². The third-order valence-corrected chi connectivity index (χ3v) is 3.17. The molecule has 5 nitrogen and oxygen atoms in total. The molecule has 0 heterocycles. The zero-order chi connectivity index (χ0) is 15.9. The molecule has 0 spiro atoms. The SMILES string of the molecule is COc1ccccc1C(=O)OCC(=O)N(C)c1ccccc1. The molecule has 0 saturated heterocycles. The van der Waals surface area contributed by atoms with E-state index in [0.29, 0.717) is 11.3 Å². The maximum Gasteiger partial charge on any atom is 0.342 e. The molecule has 0 bridgehead atoms. The van der Waals surface area contributed by atoms with E-state index in [1.165, 1.54) is 12.0 Å². The molecular formula is C17H17NO4. The number of esters is 1. The Balaban J connectivity index is 1.97. The first-order valence-corrected chi connectivity index (χ1v) is 6.75. The number of benzene rings is 2. The molecule has 2 aromatic carbocycles. The molecule has 0 unspecified atom stereocenters. The number of likely N-dealkylation sites (N-methyl/N-ethyl adjacent to an activating group) is 1. The van der Waals surface area contributed by atoms with E-state index in [-0.39, 0.29) is 12.5 Å². The molecule has 1 amide bonds. The lowest BCUT2D eigenvalue weighted by atomic mass is 10.2. The molecule has 0 aliphatic heterocycles. The number of amides is 1. The molecular weight excluding hydrogens is 282 g/mol. The van der Waals surface area contributed by atoms with Gasteiger partial charge in [0, 0.05) is 12.7 Å². The van der Waals surface area contributed by atoms with E-state index in [0.717, 1.165) is 5.69 Å². The predicted octanol–water partition coefficient (Wildman–Crippen LogP) is 2.52. The zero-order valence-corrected chi connectivity index (χ0v) is 12.5. The number of carbonyl (C=O) groups is 2. The van der Waals surface area contributed by atoms with Crippen LogP contribution in [-0.2, 0) is 9.53 Å². The number of para-hydroxylation sites is 2. The van der Waals surface area contributed by atoms with Gasteiger partial charge < -0.3 is 14.4 Å². The molecule has 2 rings (SSSR count). The molecule has 0 aromatic heterocycles. The van der Waals surface area contributed by atoms with Crippen LogP contribution in [-0.4, -0.2) is 32.6 Å². The van der Waals surface area contributed by atoms with E-state index in [1.807, 2.05) is 18.2 Å². The first kappa shape index (κ1) is 15.6. The number of rotatable bonds is 5. The Morgan fingerprint density at radius 2 is 1.64 bits per heavy atom. The van der Waals surface area contributed by atoms with E-state index < -0.39 is 5.97 Å². The first-order chi connectivity index (χ1) is 10.6. The van der Waals surface area contributed by atoms with Crippen molar-refractivity contribution in [3.05, 3.63) is 60.2 Å². The van der Waals surface area contributed by atoms with E-state index in [1.54, 1.807) is 43.4 Å². The molecule has 0 saturated carbocycles. The van der Waals surface area contributed by atoms with Gasteiger partial charge in [0.1, 0.15) is 11.3 Å². The summed E-state index contributed by atoms with van der Waals surface area (Å²) in [5.41, 5.74) is 1.03. The van der Waals surface area contributed by atoms with Crippen molar-refractivity contribution in [2.45, 2.75) is 0 Å². The van der Waals surface area contributed by atoms with Crippen molar-refractivity contribution in [2.75, 3.05) is 25.7 Å². The lowest BCUT2D eigenvalue weighted by Crippen LogP contribution is -2.31. The van der Waals surface area contributed by atoms with E-state index in [4.69, 9.17) is 9.47 Å². The number of carbonyl (C=O) groups excluding carboxylic acids is 2. The van der Waals surface area contributed by atoms with E-state index in [2.05, 4.69) is 0 Å². The smallest absolute Gasteiger partial charge is 0.342 e. The summed E-state index contributed by atoms with van der Waals surface area (Å²) in [5, 5.41) is 0. The number of nitrogens with zero attached hydrogens (tertiary/aromatic N) is 1. The Morgan fingerprint density at radius 1 is 1.00 bits per heavy atom. The second kappa shape index (κ2) is 7.26. The van der Waals surface area contributed by atoms with Gasteiger partial charge >= 0.3 is 5.97 Å². The maximum absolute atomic E-state index is 12.1. The normalized spacial score (nSPS) is 9.91. The average molecular weight is 299 g/mol. The summed E-state index contributed by atoms with van der Waals surface area (Å²) in [5.74, 6) is -0.488. The predicted molar refractivity (Wildman–Crippen MR) is 83.1 cm³/mol. The van der Waals surface area contributed by atoms with E-state index >= 15 is 0 Å². The van der Waals surface area contributed by atoms with Crippen molar-refractivity contribution in [1.29, 1.82) is 0 Å². The highest BCUT2D eigenvalue weighted by Gasteiger charge is 2.17. The third kappa shape index (κ3) is 3.63. The van der Waals surface area contributed by atoms with Gasteiger partial charge in [0.2, 0.25) is 0 Å². The number of hydrogen-bond donors (Lipinski definition) is 0. The van der Waals surface area contributed by atoms with Crippen LogP contribution in [0.5, 0.6) is 5.75 Å². The number of anilines is 1. The Labute approximate surface area is 129 Å². The van der Waals surface area contributed by atoms with Gasteiger partial charge in [-0.2, -0.15) is 0 Å². The van der Waals surface area contributed by atoms with Crippen molar-refractivity contribution in [3.8, 4) is 5.75 Å². The minimum Gasteiger partial charge on any atom is -0.496 e. The van der Waals surface area contributed by atoms with Crippen LogP contribution in [0.2, 0.25) is 0 Å². The average Bonchev–Trinajstić information content (AvgIpc) is 2.59. The molecule has 0 aliphatic rings. The fourth-order valence-corrected chi connectivity index (χ4v) is 1.91. The van der Waals surface area contributed by atoms with Gasteiger partial charge in [-0.15, -0.1) is 0 Å². The summed E-state index contributed by atoms with van der Waals surface area (Å²) in [7, 11) is 3.11. The van der Waals surface area contributed by atoms with Crippen LogP contribution in [0.25, 0.3) is 0 Å². The monoisotopic (exact) mass is 299 g/mol. The van der Waals surface area contributed by atoms with Gasteiger partial charge in [-0.1, -0.05) is 30.3 Å². The summed E-state index contributed by atoms with van der Waals surface area (Å²) >= 11 is 0. The molecule has 114 valence electrons. The highest BCUT2D eigenvalue weighted by Crippen LogP contribution is 2.18. The summed E-state index contributed by atoms with van der Waals surface area (Å²) < 4.78 is 10.2. The number of hydrogen-bond acceptors (Lipinski definition) is 4. The Morgan fingerprint density at radius 3 is 2.32 bits per heavy atom. The lowest BCUT2D eigenvalue weighted by Gasteiger charge is -2.17. The van der Waals surface area contributed by atoms with Crippen LogP contribution in [0.4, 0.5) is 5.69 Å². The summed E-state index contributed by atoms with van der Waals surface area (Å²) in [6.07, 6.45) is 0. The molecule has 0 atom stereocenters. The Hall–Kier alpha value is -2.82. The topological polar surface area (TPSA) is 55.8 Å². The van der Waals surface area contributed by atoms with Crippen molar-refractivity contribution in [2.24, 2.45) is 0 Å². The standard InChI is InChI=1S/C17H17NO4/c1-18(13-8-4-3-5-9-13)16(19)12-22-17(20)14-10-6-7-11-15(14)21-2/h3-11H,12H2,1-2H3. The van der Waals surface area contributed by atoms with Gasteiger partial charge in [-0.05, 0) is 24.3 Å². The number of ether oxygens (including phenoxy) is 2. The fraction of sp³-hybridized carbons (Fsp3) is 0.176. The summed E-state index contributed by atoms with van der Waals surface area (Å²) in [4.78, 5) is 25.5. The van der Waals surface area contributed by atoms with Gasteiger partial charge in [0.25, 0.3) is 5.91 Å².